The third-order valence-corrected chi connectivity index (χ3v) is 4.88. The first kappa shape index (κ1) is 26.1. The molecule has 0 saturated carbocycles. The van der Waals surface area contributed by atoms with Gasteiger partial charge < -0.3 is 37.8 Å². The highest BCUT2D eigenvalue weighted by atomic mass is 16.4. The molecule has 3 amide bonds. The van der Waals surface area contributed by atoms with Crippen molar-refractivity contribution in [1.82, 2.24) is 15.5 Å². The van der Waals surface area contributed by atoms with Crippen molar-refractivity contribution in [2.75, 3.05) is 19.6 Å². The van der Waals surface area contributed by atoms with Crippen LogP contribution in [0.25, 0.3) is 0 Å². The number of aliphatic imine (C=N–C) groups is 1. The third kappa shape index (κ3) is 9.20. The predicted octanol–water partition coefficient (Wildman–Crippen LogP) is -1.91. The molecule has 0 aromatic carbocycles. The summed E-state index contributed by atoms with van der Waals surface area (Å²) in [6, 6.07) is -2.42. The van der Waals surface area contributed by atoms with Crippen LogP contribution in [0.4, 0.5) is 0 Å². The van der Waals surface area contributed by atoms with Crippen molar-refractivity contribution in [3.8, 4) is 0 Å². The van der Waals surface area contributed by atoms with Crippen LogP contribution >= 0.6 is 0 Å². The zero-order chi connectivity index (χ0) is 23.6. The first-order valence-electron chi connectivity index (χ1n) is 10.4. The third-order valence-electron chi connectivity index (χ3n) is 4.88. The van der Waals surface area contributed by atoms with Crippen molar-refractivity contribution in [3.63, 3.8) is 0 Å². The second-order valence-electron chi connectivity index (χ2n) is 8.05. The van der Waals surface area contributed by atoms with Gasteiger partial charge in [0.25, 0.3) is 0 Å². The number of carbonyl (C=O) groups is 4. The topological polar surface area (TPSA) is 206 Å². The molecule has 12 nitrogen and oxygen atoms in total. The number of amides is 3. The molecule has 0 radical (unpaired) electrons. The molecule has 0 aromatic heterocycles. The maximum Gasteiger partial charge on any atom is 0.322 e. The summed E-state index contributed by atoms with van der Waals surface area (Å²) in [5, 5.41) is 13.8. The van der Waals surface area contributed by atoms with Crippen LogP contribution in [-0.2, 0) is 19.2 Å². The zero-order valence-electron chi connectivity index (χ0n) is 18.2. The van der Waals surface area contributed by atoms with E-state index in [0.29, 0.717) is 45.2 Å². The van der Waals surface area contributed by atoms with Gasteiger partial charge in [0.2, 0.25) is 17.7 Å². The van der Waals surface area contributed by atoms with Crippen molar-refractivity contribution < 1.29 is 24.3 Å². The van der Waals surface area contributed by atoms with Gasteiger partial charge in [-0.3, -0.25) is 24.2 Å². The number of hydrogen-bond donors (Lipinski definition) is 6. The number of rotatable bonds is 12. The molecule has 1 saturated heterocycles. The Balaban J connectivity index is 2.77. The first-order chi connectivity index (χ1) is 14.5. The average Bonchev–Trinajstić information content (AvgIpc) is 3.17. The summed E-state index contributed by atoms with van der Waals surface area (Å²) in [5.74, 6) is -2.44. The molecule has 0 bridgehead atoms. The Morgan fingerprint density at radius 3 is 2.48 bits per heavy atom. The predicted molar refractivity (Wildman–Crippen MR) is 115 cm³/mol. The van der Waals surface area contributed by atoms with E-state index < -0.39 is 42.5 Å². The Labute approximate surface area is 182 Å². The van der Waals surface area contributed by atoms with Crippen LogP contribution in [-0.4, -0.2) is 77.4 Å². The number of carboxylic acids is 1. The van der Waals surface area contributed by atoms with Gasteiger partial charge in [0, 0.05) is 13.1 Å². The van der Waals surface area contributed by atoms with E-state index in [1.54, 1.807) is 0 Å². The Bertz CT molecular complexity index is 679. The zero-order valence-corrected chi connectivity index (χ0v) is 18.2. The minimum absolute atomic E-state index is 0.0341. The van der Waals surface area contributed by atoms with Gasteiger partial charge >= 0.3 is 5.97 Å². The largest absolute Gasteiger partial charge is 0.480 e. The summed E-state index contributed by atoms with van der Waals surface area (Å²) >= 11 is 0. The maximum absolute atomic E-state index is 13.2. The average molecular weight is 442 g/mol. The molecule has 0 aromatic rings. The summed E-state index contributed by atoms with van der Waals surface area (Å²) in [7, 11) is 0. The number of likely N-dealkylation sites (tertiary alicyclic amines) is 1. The molecule has 31 heavy (non-hydrogen) atoms. The van der Waals surface area contributed by atoms with Gasteiger partial charge in [-0.05, 0) is 38.0 Å². The quantitative estimate of drug-likeness (QED) is 0.114. The highest BCUT2D eigenvalue weighted by Crippen LogP contribution is 2.20. The van der Waals surface area contributed by atoms with Crippen molar-refractivity contribution in [3.05, 3.63) is 0 Å². The molecule has 1 fully saturated rings. The summed E-state index contributed by atoms with van der Waals surface area (Å²) in [6.45, 7) is 4.03. The second kappa shape index (κ2) is 12.7. The van der Waals surface area contributed by atoms with Crippen LogP contribution in [0.5, 0.6) is 0 Å². The smallest absolute Gasteiger partial charge is 0.322 e. The number of nitrogens with one attached hydrogen (secondary N) is 2. The molecule has 0 unspecified atom stereocenters. The van der Waals surface area contributed by atoms with E-state index >= 15 is 0 Å². The van der Waals surface area contributed by atoms with Crippen molar-refractivity contribution in [2.24, 2.45) is 28.1 Å². The normalized spacial score (nSPS) is 17.7. The summed E-state index contributed by atoms with van der Waals surface area (Å²) < 4.78 is 0. The lowest BCUT2D eigenvalue weighted by atomic mass is 10.0. The highest BCUT2D eigenvalue weighted by Gasteiger charge is 2.38. The number of guanidine groups is 1. The maximum atomic E-state index is 13.2. The van der Waals surface area contributed by atoms with E-state index in [2.05, 4.69) is 15.6 Å². The van der Waals surface area contributed by atoms with Crippen LogP contribution in [0.3, 0.4) is 0 Å². The van der Waals surface area contributed by atoms with Crippen LogP contribution < -0.4 is 27.8 Å². The molecule has 176 valence electrons. The number of nitrogens with two attached hydrogens (primary N) is 3. The van der Waals surface area contributed by atoms with Gasteiger partial charge in [-0.25, -0.2) is 0 Å². The number of hydrogen-bond acceptors (Lipinski definition) is 6. The molecule has 1 aliphatic rings. The van der Waals surface area contributed by atoms with Gasteiger partial charge in [-0.1, -0.05) is 13.8 Å². The summed E-state index contributed by atoms with van der Waals surface area (Å²) in [4.78, 5) is 54.0. The highest BCUT2D eigenvalue weighted by molar-refractivity contribution is 5.94. The number of carboxylic acid groups (broad SMARTS) is 1. The lowest BCUT2D eigenvalue weighted by Crippen LogP contribution is -2.56. The van der Waals surface area contributed by atoms with Gasteiger partial charge in [0.15, 0.2) is 5.96 Å². The number of nitrogens with zero attached hydrogens (tertiary/aromatic N) is 2. The molecule has 12 heteroatoms. The van der Waals surface area contributed by atoms with Crippen LogP contribution in [0.2, 0.25) is 0 Å². The fourth-order valence-electron chi connectivity index (χ4n) is 3.41. The van der Waals surface area contributed by atoms with Gasteiger partial charge in [0.05, 0.1) is 6.04 Å². The second-order valence-corrected chi connectivity index (χ2v) is 8.05. The molecule has 0 spiro atoms. The molecule has 1 aliphatic heterocycles. The Morgan fingerprint density at radius 2 is 1.90 bits per heavy atom. The lowest BCUT2D eigenvalue weighted by molar-refractivity contribution is -0.143. The SMILES string of the molecule is CC(C)C[C@H](NC(=O)[C@@H](N)CCCN=C(N)N)C(=O)N1CCC[C@H]1C(=O)NCC(=O)O. The molecule has 1 heterocycles. The fourth-order valence-corrected chi connectivity index (χ4v) is 3.41. The van der Waals surface area contributed by atoms with E-state index in [-0.39, 0.29) is 17.8 Å². The number of carbonyl (C=O) groups excluding carboxylic acids is 3. The first-order valence-corrected chi connectivity index (χ1v) is 10.4. The van der Waals surface area contributed by atoms with Gasteiger partial charge in [0.1, 0.15) is 18.6 Å². The Morgan fingerprint density at radius 1 is 1.23 bits per heavy atom. The molecule has 1 rings (SSSR count). The van der Waals surface area contributed by atoms with Crippen LogP contribution in [0, 0.1) is 5.92 Å². The molecule has 9 N–H and O–H groups in total. The minimum Gasteiger partial charge on any atom is -0.480 e. The van der Waals surface area contributed by atoms with Crippen molar-refractivity contribution in [1.29, 1.82) is 0 Å². The van der Waals surface area contributed by atoms with Crippen LogP contribution in [0.15, 0.2) is 4.99 Å². The van der Waals surface area contributed by atoms with E-state index in [9.17, 15) is 19.2 Å². The Hall–Kier alpha value is -2.89. The molecular weight excluding hydrogens is 406 g/mol. The van der Waals surface area contributed by atoms with E-state index in [1.165, 1.54) is 4.90 Å². The van der Waals surface area contributed by atoms with Gasteiger partial charge in [-0.2, -0.15) is 0 Å². The monoisotopic (exact) mass is 441 g/mol. The standard InChI is InChI=1S/C19H35N7O5/c1-11(2)9-13(25-16(29)12(20)5-3-7-23-19(21)22)18(31)26-8-4-6-14(26)17(30)24-10-15(27)28/h11-14H,3-10,20H2,1-2H3,(H,24,30)(H,25,29)(H,27,28)(H4,21,22,23)/t12-,13-,14-/m0/s1. The number of aliphatic carboxylic acids is 1. The van der Waals surface area contributed by atoms with E-state index in [4.69, 9.17) is 22.3 Å². The molecule has 3 atom stereocenters. The van der Waals surface area contributed by atoms with Crippen molar-refractivity contribution >= 4 is 29.7 Å². The lowest BCUT2D eigenvalue weighted by Gasteiger charge is -2.30. The van der Waals surface area contributed by atoms with Crippen LogP contribution in [0.1, 0.15) is 46.0 Å². The van der Waals surface area contributed by atoms with E-state index in [1.807, 2.05) is 13.8 Å². The summed E-state index contributed by atoms with van der Waals surface area (Å²) in [6.07, 6.45) is 2.28. The summed E-state index contributed by atoms with van der Waals surface area (Å²) in [5.41, 5.74) is 16.5. The van der Waals surface area contributed by atoms with Gasteiger partial charge in [-0.15, -0.1) is 0 Å². The minimum atomic E-state index is -1.16. The Kier molecular flexibility index (Phi) is 10.7. The molecular formula is C19H35N7O5. The molecule has 0 aliphatic carbocycles. The van der Waals surface area contributed by atoms with E-state index in [0.717, 1.165) is 0 Å². The fraction of sp³-hybridized carbons (Fsp3) is 0.737. The van der Waals surface area contributed by atoms with Crippen molar-refractivity contribution in [2.45, 2.75) is 64.1 Å².